The molecule has 2 aliphatic heterocycles. The molecule has 2 fully saturated rings. The van der Waals surface area contributed by atoms with Crippen LogP contribution in [-0.2, 0) is 27.7 Å². The Labute approximate surface area is 303 Å². The van der Waals surface area contributed by atoms with Gasteiger partial charge in [0.25, 0.3) is 11.1 Å². The van der Waals surface area contributed by atoms with Crippen LogP contribution in [0.1, 0.15) is 36.4 Å². The van der Waals surface area contributed by atoms with E-state index in [2.05, 4.69) is 39.0 Å². The van der Waals surface area contributed by atoms with Crippen molar-refractivity contribution in [2.45, 2.75) is 63.6 Å². The first-order valence-electron chi connectivity index (χ1n) is 15.5. The highest BCUT2D eigenvalue weighted by molar-refractivity contribution is 7.46. The first-order valence-corrected chi connectivity index (χ1v) is 18.5. The van der Waals surface area contributed by atoms with E-state index < -0.39 is 88.2 Å². The smallest absolute Gasteiger partial charge is 0.390 e. The lowest BCUT2D eigenvalue weighted by Crippen LogP contribution is -2.33. The van der Waals surface area contributed by atoms with E-state index in [1.54, 1.807) is 36.9 Å². The van der Waals surface area contributed by atoms with Crippen LogP contribution in [-0.4, -0.2) is 106 Å². The maximum absolute atomic E-state index is 11.7. The topological polar surface area (TPSA) is 354 Å². The number of nitrogens with zero attached hydrogens (tertiary/aromatic N) is 6. The first-order chi connectivity index (χ1) is 25.3. The van der Waals surface area contributed by atoms with Gasteiger partial charge in [0.1, 0.15) is 37.3 Å². The van der Waals surface area contributed by atoms with Crippen LogP contribution in [0.25, 0.3) is 0 Å². The molecular weight excluding hydrogens is 766 g/mol. The minimum atomic E-state index is -4.67. The number of aromatic nitrogens is 8. The number of phosphoric ester groups is 2. The third-order valence-corrected chi connectivity index (χ3v) is 8.06. The predicted molar refractivity (Wildman–Crippen MR) is 181 cm³/mol. The summed E-state index contributed by atoms with van der Waals surface area (Å²) in [5.74, 6) is 0. The lowest BCUT2D eigenvalue weighted by atomic mass is 10.2. The molecule has 0 spiro atoms. The summed E-state index contributed by atoms with van der Waals surface area (Å²) >= 11 is 0. The average Bonchev–Trinajstić information content (AvgIpc) is 3.68. The number of aliphatic hydroxyl groups excluding tert-OH is 2. The molecule has 2 saturated heterocycles. The minimum Gasteiger partial charge on any atom is -0.390 e. The number of aromatic amines is 2. The molecule has 0 radical (unpaired) electrons. The number of hydrogen-bond acceptors (Lipinski definition) is 16. The Kier molecular flexibility index (Phi) is 16.5. The Morgan fingerprint density at radius 1 is 0.685 bits per heavy atom. The molecular formula is C28H38N8O16P2. The highest BCUT2D eigenvalue weighted by Crippen LogP contribution is 2.39. The van der Waals surface area contributed by atoms with Gasteiger partial charge in [-0.25, -0.2) is 38.7 Å². The summed E-state index contributed by atoms with van der Waals surface area (Å²) < 4.78 is 42.7. The van der Waals surface area contributed by atoms with Crippen molar-refractivity contribution in [1.29, 1.82) is 0 Å². The molecule has 26 heteroatoms. The lowest BCUT2D eigenvalue weighted by Gasteiger charge is -2.16. The Balaban J connectivity index is 0.000000222. The Bertz CT molecular complexity index is 1890. The second-order valence-corrected chi connectivity index (χ2v) is 13.7. The zero-order chi connectivity index (χ0) is 40.1. The molecule has 6 atom stereocenters. The lowest BCUT2D eigenvalue weighted by molar-refractivity contribution is -0.0451. The number of ether oxygens (including phenoxy) is 2. The summed E-state index contributed by atoms with van der Waals surface area (Å²) in [6.45, 7) is 1.99. The van der Waals surface area contributed by atoms with Crippen molar-refractivity contribution in [3.8, 4) is 0 Å². The van der Waals surface area contributed by atoms with Gasteiger partial charge in [0, 0.05) is 61.1 Å². The van der Waals surface area contributed by atoms with Gasteiger partial charge in [-0.05, 0) is 26.0 Å². The van der Waals surface area contributed by atoms with Gasteiger partial charge in [-0.2, -0.15) is 0 Å². The van der Waals surface area contributed by atoms with Crippen molar-refractivity contribution in [1.82, 2.24) is 39.0 Å². The second-order valence-electron chi connectivity index (χ2n) is 11.2. The molecule has 0 saturated carbocycles. The summed E-state index contributed by atoms with van der Waals surface area (Å²) in [4.78, 5) is 99.3. The molecule has 8 N–H and O–H groups in total. The molecule has 4 aromatic rings. The van der Waals surface area contributed by atoms with E-state index in [0.717, 1.165) is 9.13 Å². The summed E-state index contributed by atoms with van der Waals surface area (Å²) in [7, 11) is -9.33. The van der Waals surface area contributed by atoms with Gasteiger partial charge in [-0.15, -0.1) is 0 Å². The molecule has 4 aromatic heterocycles. The number of aliphatic hydroxyl groups is 2. The van der Waals surface area contributed by atoms with Gasteiger partial charge in [0.2, 0.25) is 0 Å². The average molecular weight is 805 g/mol. The highest BCUT2D eigenvalue weighted by Gasteiger charge is 2.38. The van der Waals surface area contributed by atoms with Crippen molar-refractivity contribution in [3.63, 3.8) is 0 Å². The normalized spacial score (nSPS) is 22.1. The zero-order valence-corrected chi connectivity index (χ0v) is 30.2. The predicted octanol–water partition coefficient (Wildman–Crippen LogP) is -1.84. The van der Waals surface area contributed by atoms with Gasteiger partial charge in [0.15, 0.2) is 0 Å². The van der Waals surface area contributed by atoms with Crippen molar-refractivity contribution in [2.24, 2.45) is 0 Å². The standard InChI is InChI=1S/2C10H15N2O8P.2C4H4N2/c2*1-5-3-12(10(15)11-9(5)14)8-2-6(13)7(20-8)4-19-21(16,17)18;2*1-2-5-4-6-3-1/h2*3,6-8,13H,2,4H2,1H3,(H,11,14,15)(H2,16,17,18);2*1-4H/t2*6-,7+,8+;;/m00../s1. The molecule has 296 valence electrons. The minimum absolute atomic E-state index is 0.0283. The van der Waals surface area contributed by atoms with E-state index in [0.29, 0.717) is 11.1 Å². The zero-order valence-electron chi connectivity index (χ0n) is 28.4. The quantitative estimate of drug-likeness (QED) is 0.0907. The van der Waals surface area contributed by atoms with Crippen LogP contribution in [0.3, 0.4) is 0 Å². The van der Waals surface area contributed by atoms with Gasteiger partial charge in [-0.1, -0.05) is 0 Å². The molecule has 54 heavy (non-hydrogen) atoms. The Morgan fingerprint density at radius 3 is 1.28 bits per heavy atom. The molecule has 0 aliphatic carbocycles. The third kappa shape index (κ3) is 14.8. The summed E-state index contributed by atoms with van der Waals surface area (Å²) in [6, 6.07) is 3.56. The molecule has 0 unspecified atom stereocenters. The number of aryl methyl sites for hydroxylation is 2. The maximum Gasteiger partial charge on any atom is 0.469 e. The Hall–Kier alpha value is -4.42. The van der Waals surface area contributed by atoms with Crippen LogP contribution >= 0.6 is 15.6 Å². The fourth-order valence-corrected chi connectivity index (χ4v) is 5.20. The van der Waals surface area contributed by atoms with E-state index in [1.165, 1.54) is 38.9 Å². The van der Waals surface area contributed by atoms with Crippen LogP contribution in [0.4, 0.5) is 0 Å². The highest BCUT2D eigenvalue weighted by atomic mass is 31.2. The summed E-state index contributed by atoms with van der Waals surface area (Å²) in [5.41, 5.74) is -1.84. The van der Waals surface area contributed by atoms with Crippen molar-refractivity contribution < 1.29 is 57.4 Å². The van der Waals surface area contributed by atoms with Crippen molar-refractivity contribution >= 4 is 15.6 Å². The number of hydrogen-bond donors (Lipinski definition) is 8. The largest absolute Gasteiger partial charge is 0.469 e. The molecule has 0 aromatic carbocycles. The van der Waals surface area contributed by atoms with Gasteiger partial charge >= 0.3 is 27.0 Å². The number of phosphoric acid groups is 2. The van der Waals surface area contributed by atoms with E-state index in [9.17, 15) is 38.5 Å². The van der Waals surface area contributed by atoms with Crippen LogP contribution in [0, 0.1) is 13.8 Å². The molecule has 0 amide bonds. The fraction of sp³-hybridized carbons (Fsp3) is 0.429. The fourth-order valence-electron chi connectivity index (χ4n) is 4.52. The number of H-pyrrole nitrogens is 2. The van der Waals surface area contributed by atoms with Crippen molar-refractivity contribution in [2.75, 3.05) is 13.2 Å². The molecule has 0 bridgehead atoms. The van der Waals surface area contributed by atoms with E-state index in [1.807, 2.05) is 0 Å². The third-order valence-electron chi connectivity index (χ3n) is 7.09. The summed E-state index contributed by atoms with van der Waals surface area (Å²) in [5, 5.41) is 19.6. The van der Waals surface area contributed by atoms with Crippen molar-refractivity contribution in [3.05, 3.63) is 115 Å². The van der Waals surface area contributed by atoms with Crippen LogP contribution in [0.2, 0.25) is 0 Å². The molecule has 2 aliphatic rings. The van der Waals surface area contributed by atoms with Gasteiger partial charge in [0.05, 0.1) is 25.4 Å². The van der Waals surface area contributed by atoms with Gasteiger partial charge in [-0.3, -0.25) is 37.7 Å². The van der Waals surface area contributed by atoms with Crippen LogP contribution < -0.4 is 22.5 Å². The van der Waals surface area contributed by atoms with E-state index in [-0.39, 0.29) is 12.8 Å². The number of nitrogens with one attached hydrogen (secondary N) is 2. The second kappa shape index (κ2) is 20.3. The molecule has 6 heterocycles. The molecule has 6 rings (SSSR count). The maximum atomic E-state index is 11.7. The van der Waals surface area contributed by atoms with E-state index >= 15 is 0 Å². The summed E-state index contributed by atoms with van der Waals surface area (Å²) in [6.07, 6.45) is 6.61. The van der Waals surface area contributed by atoms with E-state index in [4.69, 9.17) is 29.0 Å². The van der Waals surface area contributed by atoms with Gasteiger partial charge < -0.3 is 39.3 Å². The van der Waals surface area contributed by atoms with Crippen LogP contribution in [0.5, 0.6) is 0 Å². The first kappa shape index (κ1) is 44.0. The monoisotopic (exact) mass is 804 g/mol. The Morgan fingerprint density at radius 2 is 1.02 bits per heavy atom. The SMILES string of the molecule is Cc1cn([C@H]2C[C@H](O)[C@@H](COP(=O)(O)O)O2)c(=O)[nH]c1=O.Cc1cn([C@H]2C[C@H](O)[C@@H](COP(=O)(O)O)O2)c(=O)[nH]c1=O.c1cncnc1.c1cncnc1. The van der Waals surface area contributed by atoms with Crippen LogP contribution in [0.15, 0.2) is 81.1 Å². The molecule has 24 nitrogen and oxygen atoms in total. The number of rotatable bonds is 8.